The van der Waals surface area contributed by atoms with Gasteiger partial charge in [0, 0.05) is 11.1 Å². The van der Waals surface area contributed by atoms with Gasteiger partial charge in [-0.2, -0.15) is 0 Å². The fourth-order valence-electron chi connectivity index (χ4n) is 6.66. The quantitative estimate of drug-likeness (QED) is 0.196. The summed E-state index contributed by atoms with van der Waals surface area (Å²) in [5, 5.41) is 18.5. The second-order valence-electron chi connectivity index (χ2n) is 11.5. The minimum Gasteiger partial charge on any atom is -0.416 e. The number of hydrogen-bond donors (Lipinski definition) is 0. The Hall–Kier alpha value is -6.06. The third kappa shape index (κ3) is 4.29. The summed E-state index contributed by atoms with van der Waals surface area (Å²) in [4.78, 5) is 0. The van der Waals surface area contributed by atoms with Crippen LogP contribution in [0.15, 0.2) is 162 Å². The Balaban J connectivity index is 1.35. The fourth-order valence-corrected chi connectivity index (χ4v) is 6.66. The molecule has 3 heteroatoms. The van der Waals surface area contributed by atoms with Gasteiger partial charge < -0.3 is 4.42 Å². The average Bonchev–Trinajstić information content (AvgIpc) is 3.61. The number of benzene rings is 8. The summed E-state index contributed by atoms with van der Waals surface area (Å²) in [6.07, 6.45) is 0. The van der Waals surface area contributed by atoms with Gasteiger partial charge in [0.25, 0.3) is 0 Å². The highest BCUT2D eigenvalue weighted by molar-refractivity contribution is 6.22. The molecule has 0 saturated heterocycles. The van der Waals surface area contributed by atoms with Crippen LogP contribution in [0.1, 0.15) is 0 Å². The summed E-state index contributed by atoms with van der Waals surface area (Å²) in [5.41, 5.74) is 6.57. The van der Waals surface area contributed by atoms with Crippen LogP contribution in [0.4, 0.5) is 0 Å². The highest BCUT2D eigenvalue weighted by atomic mass is 16.4. The Morgan fingerprint density at radius 2 is 0.778 bits per heavy atom. The highest BCUT2D eigenvalue weighted by Gasteiger charge is 2.19. The molecule has 0 aliphatic rings. The molecular weight excluding hydrogens is 548 g/mol. The number of nitrogens with zero attached hydrogens (tertiary/aromatic N) is 2. The summed E-state index contributed by atoms with van der Waals surface area (Å²) >= 11 is 0. The molecule has 0 unspecified atom stereocenters. The first-order valence-electron chi connectivity index (χ1n) is 15.2. The topological polar surface area (TPSA) is 38.9 Å². The summed E-state index contributed by atoms with van der Waals surface area (Å²) in [7, 11) is 0. The predicted molar refractivity (Wildman–Crippen MR) is 186 cm³/mol. The molecule has 0 aliphatic heterocycles. The van der Waals surface area contributed by atoms with Crippen LogP contribution in [0.25, 0.3) is 88.3 Å². The van der Waals surface area contributed by atoms with Gasteiger partial charge in [0.05, 0.1) is 0 Å². The van der Waals surface area contributed by atoms with Gasteiger partial charge in [0.2, 0.25) is 11.8 Å². The maximum atomic E-state index is 6.24. The minimum absolute atomic E-state index is 0.501. The van der Waals surface area contributed by atoms with Gasteiger partial charge in [-0.05, 0) is 102 Å². The van der Waals surface area contributed by atoms with Crippen molar-refractivity contribution in [3.63, 3.8) is 0 Å². The smallest absolute Gasteiger partial charge is 0.248 e. The van der Waals surface area contributed by atoms with E-state index in [1.807, 2.05) is 30.3 Å². The number of aromatic nitrogens is 2. The molecule has 9 aromatic rings. The van der Waals surface area contributed by atoms with Crippen molar-refractivity contribution in [3.8, 4) is 45.2 Å². The van der Waals surface area contributed by atoms with E-state index in [-0.39, 0.29) is 0 Å². The van der Waals surface area contributed by atoms with E-state index in [0.717, 1.165) is 16.5 Å². The molecule has 8 aromatic carbocycles. The third-order valence-electron chi connectivity index (χ3n) is 8.79. The molecular formula is C42H26N2O. The van der Waals surface area contributed by atoms with E-state index in [9.17, 15) is 0 Å². The third-order valence-corrected chi connectivity index (χ3v) is 8.79. The van der Waals surface area contributed by atoms with Crippen molar-refractivity contribution in [1.29, 1.82) is 0 Å². The first-order chi connectivity index (χ1) is 22.3. The van der Waals surface area contributed by atoms with Gasteiger partial charge in [-0.3, -0.25) is 0 Å². The molecule has 0 spiro atoms. The lowest BCUT2D eigenvalue weighted by Gasteiger charge is -2.19. The SMILES string of the molecule is c1ccc(-c2nnc(-c3ccc4c(-c5ccc6ccccc6c5)c5ccccc5c(-c5ccc6ccccc6c5)c4c3)o2)cc1. The van der Waals surface area contributed by atoms with Crippen LogP contribution in [-0.2, 0) is 0 Å². The van der Waals surface area contributed by atoms with Crippen LogP contribution in [0.5, 0.6) is 0 Å². The predicted octanol–water partition coefficient (Wildman–Crippen LogP) is 11.4. The Morgan fingerprint density at radius 1 is 0.311 bits per heavy atom. The molecule has 0 N–H and O–H groups in total. The van der Waals surface area contributed by atoms with Crippen molar-refractivity contribution in [2.45, 2.75) is 0 Å². The van der Waals surface area contributed by atoms with Crippen molar-refractivity contribution >= 4 is 43.1 Å². The number of hydrogen-bond acceptors (Lipinski definition) is 3. The molecule has 0 aliphatic carbocycles. The van der Waals surface area contributed by atoms with E-state index in [2.05, 4.69) is 138 Å². The summed E-state index contributed by atoms with van der Waals surface area (Å²) in [5.74, 6) is 1.01. The van der Waals surface area contributed by atoms with Crippen molar-refractivity contribution in [3.05, 3.63) is 158 Å². The zero-order valence-electron chi connectivity index (χ0n) is 24.3. The van der Waals surface area contributed by atoms with Crippen LogP contribution in [-0.4, -0.2) is 10.2 Å². The molecule has 0 fully saturated rings. The largest absolute Gasteiger partial charge is 0.416 e. The monoisotopic (exact) mass is 574 g/mol. The van der Waals surface area contributed by atoms with E-state index in [1.165, 1.54) is 60.0 Å². The molecule has 45 heavy (non-hydrogen) atoms. The molecule has 0 saturated carbocycles. The Bertz CT molecular complexity index is 2550. The average molecular weight is 575 g/mol. The normalized spacial score (nSPS) is 11.6. The van der Waals surface area contributed by atoms with Gasteiger partial charge in [0.15, 0.2) is 0 Å². The molecule has 0 atom stereocenters. The van der Waals surface area contributed by atoms with Crippen molar-refractivity contribution in [2.75, 3.05) is 0 Å². The Morgan fingerprint density at radius 3 is 1.40 bits per heavy atom. The summed E-state index contributed by atoms with van der Waals surface area (Å²) < 4.78 is 6.24. The van der Waals surface area contributed by atoms with Crippen LogP contribution in [0.3, 0.4) is 0 Å². The van der Waals surface area contributed by atoms with E-state index >= 15 is 0 Å². The van der Waals surface area contributed by atoms with Gasteiger partial charge in [0.1, 0.15) is 0 Å². The molecule has 0 amide bonds. The van der Waals surface area contributed by atoms with Crippen molar-refractivity contribution in [1.82, 2.24) is 10.2 Å². The zero-order chi connectivity index (χ0) is 29.7. The van der Waals surface area contributed by atoms with Crippen LogP contribution in [0, 0.1) is 0 Å². The van der Waals surface area contributed by atoms with Gasteiger partial charge in [-0.25, -0.2) is 0 Å². The van der Waals surface area contributed by atoms with Crippen LogP contribution >= 0.6 is 0 Å². The first-order valence-corrected chi connectivity index (χ1v) is 15.2. The van der Waals surface area contributed by atoms with E-state index in [0.29, 0.717) is 11.8 Å². The zero-order valence-corrected chi connectivity index (χ0v) is 24.3. The Kier molecular flexibility index (Phi) is 5.82. The van der Waals surface area contributed by atoms with Gasteiger partial charge in [-0.1, -0.05) is 121 Å². The van der Waals surface area contributed by atoms with E-state index < -0.39 is 0 Å². The molecule has 0 bridgehead atoms. The lowest BCUT2D eigenvalue weighted by atomic mass is 9.84. The first kappa shape index (κ1) is 25.4. The minimum atomic E-state index is 0.501. The van der Waals surface area contributed by atoms with E-state index in [4.69, 9.17) is 4.42 Å². The molecule has 1 aromatic heterocycles. The Labute approximate surface area is 260 Å². The lowest BCUT2D eigenvalue weighted by Crippen LogP contribution is -1.92. The summed E-state index contributed by atoms with van der Waals surface area (Å²) in [6, 6.07) is 55.8. The second-order valence-corrected chi connectivity index (χ2v) is 11.5. The second kappa shape index (κ2) is 10.3. The van der Waals surface area contributed by atoms with Crippen molar-refractivity contribution in [2.24, 2.45) is 0 Å². The molecule has 1 heterocycles. The highest BCUT2D eigenvalue weighted by Crippen LogP contribution is 2.45. The van der Waals surface area contributed by atoms with Gasteiger partial charge in [-0.15, -0.1) is 10.2 Å². The maximum absolute atomic E-state index is 6.24. The molecule has 3 nitrogen and oxygen atoms in total. The fraction of sp³-hybridized carbons (Fsp3) is 0. The standard InChI is InChI=1S/C42H26N2O/c1-2-12-29(13-3-1)41-43-44-42(45-41)34-22-23-37-38(26-34)40(33-21-19-28-11-5-7-15-31(28)25-33)36-17-9-8-16-35(36)39(37)32-20-18-27-10-4-6-14-30(27)24-32/h1-26H. The summed E-state index contributed by atoms with van der Waals surface area (Å²) in [6.45, 7) is 0. The number of rotatable bonds is 4. The molecule has 210 valence electrons. The van der Waals surface area contributed by atoms with E-state index in [1.54, 1.807) is 0 Å². The van der Waals surface area contributed by atoms with Gasteiger partial charge >= 0.3 is 0 Å². The molecule has 0 radical (unpaired) electrons. The molecule has 9 rings (SSSR count). The number of fused-ring (bicyclic) bond motifs is 4. The van der Waals surface area contributed by atoms with Crippen molar-refractivity contribution < 1.29 is 4.42 Å². The van der Waals surface area contributed by atoms with Crippen LogP contribution in [0.2, 0.25) is 0 Å². The lowest BCUT2D eigenvalue weighted by molar-refractivity contribution is 0.584. The van der Waals surface area contributed by atoms with Crippen LogP contribution < -0.4 is 0 Å². The maximum Gasteiger partial charge on any atom is 0.248 e.